The molecule has 1 aliphatic heterocycles. The molecule has 0 bridgehead atoms. The van der Waals surface area contributed by atoms with Gasteiger partial charge in [-0.15, -0.1) is 0 Å². The number of benzene rings is 4. The van der Waals surface area contributed by atoms with Gasteiger partial charge in [-0.2, -0.15) is 0 Å². The van der Waals surface area contributed by atoms with Crippen molar-refractivity contribution in [2.24, 2.45) is 0 Å². The summed E-state index contributed by atoms with van der Waals surface area (Å²) in [7, 11) is -1.02. The van der Waals surface area contributed by atoms with Crippen LogP contribution in [-0.4, -0.2) is 14.4 Å². The molecule has 4 aromatic carbocycles. The van der Waals surface area contributed by atoms with Crippen LogP contribution in [0.2, 0.25) is 0 Å². The van der Waals surface area contributed by atoms with Crippen molar-refractivity contribution in [3.05, 3.63) is 117 Å². The lowest BCUT2D eigenvalue weighted by Crippen LogP contribution is -2.84. The topological polar surface area (TPSA) is 24.9 Å². The van der Waals surface area contributed by atoms with Crippen LogP contribution in [0.25, 0.3) is 0 Å². The Hall–Kier alpha value is -3.79. The van der Waals surface area contributed by atoms with Gasteiger partial charge in [0, 0.05) is 11.4 Å². The molecule has 0 N–H and O–H groups in total. The lowest BCUT2D eigenvalue weighted by atomic mass is 9.58. The van der Waals surface area contributed by atoms with Crippen molar-refractivity contribution < 1.29 is 9.31 Å². The summed E-state index contributed by atoms with van der Waals surface area (Å²) in [5.74, 6) is 3.03. The maximum Gasteiger partial charge on any atom is 0.601 e. The monoisotopic (exact) mass is 783 g/mol. The second kappa shape index (κ2) is 16.3. The highest BCUT2D eigenvalue weighted by Crippen LogP contribution is 2.50. The minimum atomic E-state index is -0.510. The fraction of sp³-hybridized carbons (Fsp3) is 0.538. The third kappa shape index (κ3) is 8.87. The lowest BCUT2D eigenvalue weighted by Gasteiger charge is -2.55. The molecular formula is C52H76B2N2O2. The van der Waals surface area contributed by atoms with Crippen molar-refractivity contribution in [1.29, 1.82) is 0 Å². The molecule has 0 saturated carbocycles. The highest BCUT2D eigenvalue weighted by atomic mass is 16.5. The Labute approximate surface area is 355 Å². The Kier molecular flexibility index (Phi) is 12.8. The minimum absolute atomic E-state index is 0.156. The molecule has 312 valence electrons. The Morgan fingerprint density at radius 2 is 0.569 bits per heavy atom. The molecule has 0 radical (unpaired) electrons. The number of hydrogen-bond acceptors (Lipinski definition) is 4. The van der Waals surface area contributed by atoms with E-state index in [1.54, 1.807) is 0 Å². The van der Waals surface area contributed by atoms with E-state index in [2.05, 4.69) is 221 Å². The molecule has 1 saturated heterocycles. The quantitative estimate of drug-likeness (QED) is 0.150. The highest BCUT2D eigenvalue weighted by Gasteiger charge is 2.64. The Bertz CT molecular complexity index is 1800. The standard InChI is InChI=1S/C52H76B2N2O2/c1-33(2)37-25-21-26-38(34(3)4)45(37)55-53(57-47-41(49(9,10)11)29-23-30-42(47)50(12,13)14)56(46-39(35(5)6)27-22-28-40(46)36(7)8)54(55)58-48-43(51(15,16)17)31-24-32-44(48)52(18,19)20/h21-36H,1-20H3. The molecule has 4 nitrogen and oxygen atoms in total. The van der Waals surface area contributed by atoms with Crippen molar-refractivity contribution >= 4 is 25.7 Å². The second-order valence-corrected chi connectivity index (χ2v) is 22.3. The van der Waals surface area contributed by atoms with E-state index in [0.29, 0.717) is 0 Å². The van der Waals surface area contributed by atoms with Gasteiger partial charge in [-0.05, 0) is 89.8 Å². The molecule has 0 atom stereocenters. The molecule has 0 amide bonds. The predicted molar refractivity (Wildman–Crippen MR) is 255 cm³/mol. The summed E-state index contributed by atoms with van der Waals surface area (Å²) in [6.45, 7) is 46.2. The molecule has 0 aromatic heterocycles. The maximum atomic E-state index is 7.87. The van der Waals surface area contributed by atoms with E-state index in [1.165, 1.54) is 55.9 Å². The van der Waals surface area contributed by atoms with E-state index in [4.69, 9.17) is 9.31 Å². The summed E-state index contributed by atoms with van der Waals surface area (Å²) in [4.78, 5) is 0. The minimum Gasteiger partial charge on any atom is -0.524 e. The van der Waals surface area contributed by atoms with Crippen LogP contribution in [0.4, 0.5) is 11.4 Å². The molecular weight excluding hydrogens is 706 g/mol. The van der Waals surface area contributed by atoms with E-state index in [-0.39, 0.29) is 45.3 Å². The smallest absolute Gasteiger partial charge is 0.524 e. The van der Waals surface area contributed by atoms with E-state index < -0.39 is 14.4 Å². The zero-order chi connectivity index (χ0) is 43.4. The molecule has 0 unspecified atom stereocenters. The van der Waals surface area contributed by atoms with Gasteiger partial charge in [0.05, 0.1) is 0 Å². The number of para-hydroxylation sites is 4. The van der Waals surface area contributed by atoms with E-state index in [1.807, 2.05) is 0 Å². The normalized spacial score (nSPS) is 14.3. The molecule has 1 fully saturated rings. The fourth-order valence-corrected chi connectivity index (χ4v) is 8.61. The van der Waals surface area contributed by atoms with Gasteiger partial charge in [0.2, 0.25) is 0 Å². The summed E-state index contributed by atoms with van der Waals surface area (Å²) < 4.78 is 20.8. The maximum absolute atomic E-state index is 7.87. The van der Waals surface area contributed by atoms with Gasteiger partial charge in [0.15, 0.2) is 0 Å². The molecule has 58 heavy (non-hydrogen) atoms. The van der Waals surface area contributed by atoms with Gasteiger partial charge in [-0.3, -0.25) is 0 Å². The van der Waals surface area contributed by atoms with E-state index in [0.717, 1.165) is 11.5 Å². The van der Waals surface area contributed by atoms with Gasteiger partial charge in [0.1, 0.15) is 11.5 Å². The van der Waals surface area contributed by atoms with Crippen molar-refractivity contribution in [2.75, 3.05) is 9.44 Å². The molecule has 1 aliphatic rings. The van der Waals surface area contributed by atoms with Gasteiger partial charge < -0.3 is 18.8 Å². The van der Waals surface area contributed by atoms with Gasteiger partial charge in [-0.1, -0.05) is 211 Å². The lowest BCUT2D eigenvalue weighted by molar-refractivity contribution is 0.456. The van der Waals surface area contributed by atoms with Crippen LogP contribution in [0.5, 0.6) is 11.5 Å². The first-order chi connectivity index (χ1) is 26.7. The summed E-state index contributed by atoms with van der Waals surface area (Å²) in [5.41, 5.74) is 11.8. The van der Waals surface area contributed by atoms with Crippen LogP contribution in [0.1, 0.15) is 207 Å². The number of nitrogens with zero attached hydrogens (tertiary/aromatic N) is 2. The van der Waals surface area contributed by atoms with Gasteiger partial charge in [0.25, 0.3) is 0 Å². The number of hydrogen-bond donors (Lipinski definition) is 0. The third-order valence-corrected chi connectivity index (χ3v) is 11.9. The number of rotatable bonds is 10. The second-order valence-electron chi connectivity index (χ2n) is 22.3. The van der Waals surface area contributed by atoms with Crippen LogP contribution in [0.3, 0.4) is 0 Å². The molecule has 6 heteroatoms. The predicted octanol–water partition coefficient (Wildman–Crippen LogP) is 14.8. The average Bonchev–Trinajstić information content (AvgIpc) is 3.09. The zero-order valence-electron chi connectivity index (χ0n) is 40.1. The number of anilines is 2. The van der Waals surface area contributed by atoms with Crippen LogP contribution in [0, 0.1) is 0 Å². The van der Waals surface area contributed by atoms with Crippen LogP contribution in [-0.2, 0) is 21.7 Å². The summed E-state index contributed by atoms with van der Waals surface area (Å²) in [5, 5.41) is 0. The summed E-state index contributed by atoms with van der Waals surface area (Å²) >= 11 is 0. The SMILES string of the molecule is CC(C)c1cccc(C(C)C)c1N1B(Oc2c(C(C)(C)C)cccc2C(C)(C)C)N(c2c(C(C)C)cccc2C(C)C)B1Oc1c(C(C)(C)C)cccc1C(C)(C)C. The molecule has 0 aliphatic carbocycles. The Balaban J connectivity index is 1.98. The van der Waals surface area contributed by atoms with Crippen molar-refractivity contribution in [3.8, 4) is 11.5 Å². The molecule has 1 heterocycles. The first-order valence-corrected chi connectivity index (χ1v) is 22.1. The van der Waals surface area contributed by atoms with E-state index in [9.17, 15) is 0 Å². The van der Waals surface area contributed by atoms with Crippen molar-refractivity contribution in [3.63, 3.8) is 0 Å². The Morgan fingerprint density at radius 1 is 0.362 bits per heavy atom. The van der Waals surface area contributed by atoms with Gasteiger partial charge in [-0.25, -0.2) is 0 Å². The van der Waals surface area contributed by atoms with Crippen molar-refractivity contribution in [2.45, 2.75) is 184 Å². The summed E-state index contributed by atoms with van der Waals surface area (Å²) in [6, 6.07) is 27.2. The molecule has 0 spiro atoms. The van der Waals surface area contributed by atoms with Crippen LogP contribution >= 0.6 is 0 Å². The van der Waals surface area contributed by atoms with Crippen molar-refractivity contribution in [1.82, 2.24) is 0 Å². The Morgan fingerprint density at radius 3 is 0.759 bits per heavy atom. The summed E-state index contributed by atoms with van der Waals surface area (Å²) in [6.07, 6.45) is 0. The zero-order valence-corrected chi connectivity index (χ0v) is 40.1. The largest absolute Gasteiger partial charge is 0.601 e. The third-order valence-electron chi connectivity index (χ3n) is 11.9. The highest BCUT2D eigenvalue weighted by molar-refractivity contribution is 7.00. The molecule has 5 rings (SSSR count). The van der Waals surface area contributed by atoms with Crippen LogP contribution < -0.4 is 18.8 Å². The van der Waals surface area contributed by atoms with Crippen LogP contribution in [0.15, 0.2) is 72.8 Å². The first kappa shape index (κ1) is 45.3. The van der Waals surface area contributed by atoms with Gasteiger partial charge >= 0.3 is 14.4 Å². The first-order valence-electron chi connectivity index (χ1n) is 22.1. The molecule has 4 aromatic rings. The fourth-order valence-electron chi connectivity index (χ4n) is 8.61. The van der Waals surface area contributed by atoms with E-state index >= 15 is 0 Å². The average molecular weight is 783 g/mol.